The van der Waals surface area contributed by atoms with Crippen molar-refractivity contribution < 1.29 is 14.3 Å². The summed E-state index contributed by atoms with van der Waals surface area (Å²) in [6.45, 7) is 2.48. The summed E-state index contributed by atoms with van der Waals surface area (Å²) in [5.74, 6) is 2.39. The predicted octanol–water partition coefficient (Wildman–Crippen LogP) is 3.76. The van der Waals surface area contributed by atoms with Crippen LogP contribution in [-0.2, 0) is 15.0 Å². The summed E-state index contributed by atoms with van der Waals surface area (Å²) < 4.78 is 5.35. The van der Waals surface area contributed by atoms with Crippen LogP contribution in [0.15, 0.2) is 24.3 Å². The number of hydrogen-bond donors (Lipinski definition) is 0. The van der Waals surface area contributed by atoms with Gasteiger partial charge in [0.05, 0.1) is 12.5 Å². The van der Waals surface area contributed by atoms with E-state index in [1.54, 1.807) is 7.11 Å². The molecule has 4 aliphatic rings. The van der Waals surface area contributed by atoms with Gasteiger partial charge in [-0.2, -0.15) is 0 Å². The van der Waals surface area contributed by atoms with Crippen LogP contribution in [0.4, 0.5) is 0 Å². The Morgan fingerprint density at radius 1 is 1.03 bits per heavy atom. The number of ether oxygens (including phenoxy) is 1. The first-order chi connectivity index (χ1) is 14.6. The number of amides is 2. The molecule has 1 aromatic carbocycles. The minimum absolute atomic E-state index is 0.331. The number of nitrogens with zero attached hydrogens (tertiary/aromatic N) is 2. The lowest BCUT2D eigenvalue weighted by Gasteiger charge is -2.53. The van der Waals surface area contributed by atoms with Gasteiger partial charge in [-0.3, -0.25) is 9.59 Å². The molecule has 3 saturated heterocycles. The van der Waals surface area contributed by atoms with Gasteiger partial charge in [-0.25, -0.2) is 0 Å². The fourth-order valence-electron chi connectivity index (χ4n) is 6.77. The average Bonchev–Trinajstić information content (AvgIpc) is 2.80. The van der Waals surface area contributed by atoms with Gasteiger partial charge in [0, 0.05) is 32.1 Å². The Morgan fingerprint density at radius 2 is 1.80 bits per heavy atom. The molecule has 2 amide bonds. The molecule has 5 rings (SSSR count). The molecule has 1 aromatic rings. The fourth-order valence-corrected chi connectivity index (χ4v) is 6.77. The largest absolute Gasteiger partial charge is 0.497 e. The van der Waals surface area contributed by atoms with E-state index in [2.05, 4.69) is 21.9 Å². The Bertz CT molecular complexity index is 799. The molecule has 0 aromatic heterocycles. The van der Waals surface area contributed by atoms with E-state index in [1.807, 2.05) is 12.1 Å². The van der Waals surface area contributed by atoms with Crippen molar-refractivity contribution in [2.24, 2.45) is 11.8 Å². The van der Waals surface area contributed by atoms with Crippen LogP contribution in [0.5, 0.6) is 5.75 Å². The molecular formula is C25H34N2O3. The summed E-state index contributed by atoms with van der Waals surface area (Å²) in [6, 6.07) is 8.55. The summed E-state index contributed by atoms with van der Waals surface area (Å²) in [7, 11) is 1.68. The van der Waals surface area contributed by atoms with E-state index in [0.717, 1.165) is 69.5 Å². The first-order valence-corrected chi connectivity index (χ1v) is 11.8. The van der Waals surface area contributed by atoms with E-state index >= 15 is 0 Å². The minimum atomic E-state index is -0.391. The van der Waals surface area contributed by atoms with Crippen molar-refractivity contribution in [3.05, 3.63) is 29.8 Å². The summed E-state index contributed by atoms with van der Waals surface area (Å²) in [5.41, 5.74) is 0.760. The second-order valence-corrected chi connectivity index (χ2v) is 9.95. The molecule has 0 spiro atoms. The van der Waals surface area contributed by atoms with Gasteiger partial charge in [-0.1, -0.05) is 31.4 Å². The molecule has 3 atom stereocenters. The number of piperidine rings is 3. The highest BCUT2D eigenvalue weighted by atomic mass is 16.5. The van der Waals surface area contributed by atoms with Gasteiger partial charge in [0.2, 0.25) is 11.8 Å². The molecule has 1 saturated carbocycles. The maximum absolute atomic E-state index is 14.1. The molecule has 162 valence electrons. The highest BCUT2D eigenvalue weighted by Gasteiger charge is 2.49. The lowest BCUT2D eigenvalue weighted by molar-refractivity contribution is -0.152. The molecule has 3 aliphatic heterocycles. The molecule has 5 nitrogen and oxygen atoms in total. The molecule has 2 bridgehead atoms. The van der Waals surface area contributed by atoms with E-state index in [0.29, 0.717) is 36.1 Å². The standard InChI is InChI=1S/C25H34N2O3/c1-30-21-10-8-20(9-11-21)25(12-3-2-4-13-25)24(29)26-15-18-14-19(17-26)22-6-5-7-23(28)27(22)16-18/h8-11,18-19,22H,2-7,12-17H2,1H3/t18?,19?,22-/m1/s1. The Labute approximate surface area is 179 Å². The van der Waals surface area contributed by atoms with Crippen molar-refractivity contribution in [1.82, 2.24) is 9.80 Å². The topological polar surface area (TPSA) is 49.9 Å². The Hall–Kier alpha value is -2.04. The van der Waals surface area contributed by atoms with Crippen LogP contribution in [0.2, 0.25) is 0 Å². The van der Waals surface area contributed by atoms with Gasteiger partial charge < -0.3 is 14.5 Å². The second kappa shape index (κ2) is 7.90. The molecule has 0 radical (unpaired) electrons. The lowest BCUT2D eigenvalue weighted by Crippen LogP contribution is -2.63. The zero-order chi connectivity index (χ0) is 20.7. The van der Waals surface area contributed by atoms with Gasteiger partial charge >= 0.3 is 0 Å². The van der Waals surface area contributed by atoms with E-state index in [1.165, 1.54) is 12.8 Å². The van der Waals surface area contributed by atoms with Crippen LogP contribution >= 0.6 is 0 Å². The van der Waals surface area contributed by atoms with E-state index < -0.39 is 5.41 Å². The van der Waals surface area contributed by atoms with Crippen LogP contribution in [0.25, 0.3) is 0 Å². The third kappa shape index (κ3) is 3.30. The summed E-state index contributed by atoms with van der Waals surface area (Å²) in [6.07, 6.45) is 9.32. The first-order valence-electron chi connectivity index (χ1n) is 11.8. The molecule has 4 fully saturated rings. The highest BCUT2D eigenvalue weighted by Crippen LogP contribution is 2.44. The molecule has 2 unspecified atom stereocenters. The SMILES string of the molecule is COc1ccc(C2(C(=O)N3CC4CC(C3)[C@H]3CCCC(=O)N3C4)CCCCC2)cc1. The Kier molecular flexibility index (Phi) is 5.24. The maximum Gasteiger partial charge on any atom is 0.233 e. The normalized spacial score (nSPS) is 30.6. The summed E-state index contributed by atoms with van der Waals surface area (Å²) in [5, 5.41) is 0. The van der Waals surface area contributed by atoms with Gasteiger partial charge in [-0.05, 0) is 61.6 Å². The Morgan fingerprint density at radius 3 is 2.53 bits per heavy atom. The van der Waals surface area contributed by atoms with Crippen LogP contribution in [0.3, 0.4) is 0 Å². The lowest BCUT2D eigenvalue weighted by atomic mass is 9.67. The van der Waals surface area contributed by atoms with E-state index in [9.17, 15) is 9.59 Å². The number of likely N-dealkylation sites (tertiary alicyclic amines) is 1. The number of rotatable bonds is 3. The highest BCUT2D eigenvalue weighted by molar-refractivity contribution is 5.88. The summed E-state index contributed by atoms with van der Waals surface area (Å²) in [4.78, 5) is 30.9. The molecule has 5 heteroatoms. The van der Waals surface area contributed by atoms with Gasteiger partial charge in [0.1, 0.15) is 5.75 Å². The minimum Gasteiger partial charge on any atom is -0.497 e. The number of methoxy groups -OCH3 is 1. The van der Waals surface area contributed by atoms with Crippen LogP contribution in [-0.4, -0.2) is 54.4 Å². The second-order valence-electron chi connectivity index (χ2n) is 9.95. The predicted molar refractivity (Wildman–Crippen MR) is 115 cm³/mol. The van der Waals surface area contributed by atoms with E-state index in [4.69, 9.17) is 4.74 Å². The third-order valence-electron chi connectivity index (χ3n) is 8.23. The fraction of sp³-hybridized carbons (Fsp3) is 0.680. The molecule has 0 N–H and O–H groups in total. The number of carbonyl (C=O) groups is 2. The van der Waals surface area contributed by atoms with Crippen LogP contribution in [0.1, 0.15) is 63.4 Å². The number of carbonyl (C=O) groups excluding carboxylic acids is 2. The number of hydrogen-bond acceptors (Lipinski definition) is 3. The van der Waals surface area contributed by atoms with E-state index in [-0.39, 0.29) is 0 Å². The average molecular weight is 411 g/mol. The van der Waals surface area contributed by atoms with Crippen molar-refractivity contribution in [3.8, 4) is 5.75 Å². The quantitative estimate of drug-likeness (QED) is 0.762. The van der Waals surface area contributed by atoms with Crippen molar-refractivity contribution in [3.63, 3.8) is 0 Å². The zero-order valence-electron chi connectivity index (χ0n) is 18.1. The van der Waals surface area contributed by atoms with Crippen LogP contribution in [0, 0.1) is 11.8 Å². The van der Waals surface area contributed by atoms with Crippen molar-refractivity contribution in [2.75, 3.05) is 26.7 Å². The van der Waals surface area contributed by atoms with Crippen molar-refractivity contribution in [2.45, 2.75) is 69.2 Å². The summed E-state index contributed by atoms with van der Waals surface area (Å²) >= 11 is 0. The zero-order valence-corrected chi connectivity index (χ0v) is 18.1. The van der Waals surface area contributed by atoms with Gasteiger partial charge in [0.15, 0.2) is 0 Å². The molecule has 30 heavy (non-hydrogen) atoms. The molecule has 3 heterocycles. The van der Waals surface area contributed by atoms with Crippen molar-refractivity contribution in [1.29, 1.82) is 0 Å². The third-order valence-corrected chi connectivity index (χ3v) is 8.23. The maximum atomic E-state index is 14.1. The smallest absolute Gasteiger partial charge is 0.233 e. The van der Waals surface area contributed by atoms with Gasteiger partial charge in [0.25, 0.3) is 0 Å². The molecule has 1 aliphatic carbocycles. The number of benzene rings is 1. The van der Waals surface area contributed by atoms with Crippen molar-refractivity contribution >= 4 is 11.8 Å². The number of fused-ring (bicyclic) bond motifs is 4. The molecular weight excluding hydrogens is 376 g/mol. The van der Waals surface area contributed by atoms with Crippen LogP contribution < -0.4 is 4.74 Å². The van der Waals surface area contributed by atoms with Gasteiger partial charge in [-0.15, -0.1) is 0 Å². The first kappa shape index (κ1) is 19.9. The monoisotopic (exact) mass is 410 g/mol. The Balaban J connectivity index is 1.41.